The molecule has 2 aromatic carbocycles. The standard InChI is InChI=1S/C20H13ClN4O/c21-16-4-3-5-17(11-16)24-20(26)14(12-23)10-15-13-25(9-8-22)19-7-2-1-6-18(15)19/h1-7,10-11,13H,9H2,(H,24,26)/b14-10-. The number of halogens is 1. The van der Waals surface area contributed by atoms with Gasteiger partial charge in [-0.15, -0.1) is 0 Å². The van der Waals surface area contributed by atoms with Gasteiger partial charge in [0.15, 0.2) is 0 Å². The number of rotatable bonds is 4. The fraction of sp³-hybridized carbons (Fsp3) is 0.0500. The lowest BCUT2D eigenvalue weighted by atomic mass is 10.1. The summed E-state index contributed by atoms with van der Waals surface area (Å²) in [4.78, 5) is 12.4. The number of aromatic nitrogens is 1. The van der Waals surface area contributed by atoms with Crippen LogP contribution in [0.25, 0.3) is 17.0 Å². The van der Waals surface area contributed by atoms with Crippen LogP contribution >= 0.6 is 11.6 Å². The molecule has 0 aliphatic carbocycles. The molecule has 0 radical (unpaired) electrons. The number of carbonyl (C=O) groups is 1. The molecule has 0 saturated carbocycles. The zero-order valence-corrected chi connectivity index (χ0v) is 14.4. The predicted molar refractivity (Wildman–Crippen MR) is 101 cm³/mol. The van der Waals surface area contributed by atoms with Crippen molar-refractivity contribution in [2.75, 3.05) is 5.32 Å². The fourth-order valence-corrected chi connectivity index (χ4v) is 2.86. The van der Waals surface area contributed by atoms with Gasteiger partial charge in [-0.2, -0.15) is 10.5 Å². The summed E-state index contributed by atoms with van der Waals surface area (Å²) in [5.74, 6) is -0.521. The van der Waals surface area contributed by atoms with Crippen molar-refractivity contribution in [3.63, 3.8) is 0 Å². The van der Waals surface area contributed by atoms with Crippen LogP contribution in [0.2, 0.25) is 5.02 Å². The van der Waals surface area contributed by atoms with E-state index < -0.39 is 5.91 Å². The van der Waals surface area contributed by atoms with Crippen molar-refractivity contribution < 1.29 is 4.79 Å². The number of para-hydroxylation sites is 1. The van der Waals surface area contributed by atoms with Gasteiger partial charge >= 0.3 is 0 Å². The number of benzene rings is 2. The van der Waals surface area contributed by atoms with E-state index >= 15 is 0 Å². The van der Waals surface area contributed by atoms with Crippen molar-refractivity contribution in [3.05, 3.63) is 70.9 Å². The van der Waals surface area contributed by atoms with Crippen molar-refractivity contribution in [1.82, 2.24) is 4.57 Å². The summed E-state index contributed by atoms with van der Waals surface area (Å²) < 4.78 is 1.78. The second-order valence-corrected chi connectivity index (χ2v) is 5.96. The molecule has 1 N–H and O–H groups in total. The van der Waals surface area contributed by atoms with Gasteiger partial charge in [-0.05, 0) is 30.3 Å². The number of amides is 1. The average molecular weight is 361 g/mol. The van der Waals surface area contributed by atoms with Gasteiger partial charge in [-0.3, -0.25) is 4.79 Å². The minimum absolute atomic E-state index is 0.0372. The Morgan fingerprint density at radius 1 is 1.19 bits per heavy atom. The molecule has 0 unspecified atom stereocenters. The number of nitrogens with zero attached hydrogens (tertiary/aromatic N) is 3. The van der Waals surface area contributed by atoms with E-state index in [4.69, 9.17) is 16.9 Å². The molecule has 6 heteroatoms. The maximum atomic E-state index is 12.4. The molecule has 126 valence electrons. The Morgan fingerprint density at radius 3 is 2.73 bits per heavy atom. The predicted octanol–water partition coefficient (Wildman–Crippen LogP) is 4.36. The highest BCUT2D eigenvalue weighted by Crippen LogP contribution is 2.24. The van der Waals surface area contributed by atoms with Crippen LogP contribution in [0, 0.1) is 22.7 Å². The summed E-state index contributed by atoms with van der Waals surface area (Å²) in [6, 6.07) is 18.3. The van der Waals surface area contributed by atoms with E-state index in [1.807, 2.05) is 30.3 Å². The quantitative estimate of drug-likeness (QED) is 0.554. The average Bonchev–Trinajstić information content (AvgIpc) is 2.98. The SMILES string of the molecule is N#CCn1cc(/C=C(/C#N)C(=O)Nc2cccc(Cl)c2)c2ccccc21. The van der Waals surface area contributed by atoms with Gasteiger partial charge in [0.2, 0.25) is 0 Å². The van der Waals surface area contributed by atoms with E-state index in [1.54, 1.807) is 35.0 Å². The van der Waals surface area contributed by atoms with Crippen LogP contribution in [0.1, 0.15) is 5.56 Å². The molecule has 0 spiro atoms. The highest BCUT2D eigenvalue weighted by Gasteiger charge is 2.13. The van der Waals surface area contributed by atoms with Crippen molar-refractivity contribution in [2.24, 2.45) is 0 Å². The van der Waals surface area contributed by atoms with Gasteiger partial charge < -0.3 is 9.88 Å². The smallest absolute Gasteiger partial charge is 0.266 e. The second kappa shape index (κ2) is 7.57. The van der Waals surface area contributed by atoms with E-state index in [2.05, 4.69) is 11.4 Å². The van der Waals surface area contributed by atoms with Crippen LogP contribution in [0.15, 0.2) is 60.3 Å². The zero-order valence-electron chi connectivity index (χ0n) is 13.6. The Kier molecular flexibility index (Phi) is 5.03. The lowest BCUT2D eigenvalue weighted by molar-refractivity contribution is -0.112. The first kappa shape index (κ1) is 17.3. The third kappa shape index (κ3) is 3.59. The topological polar surface area (TPSA) is 81.6 Å². The third-order valence-electron chi connectivity index (χ3n) is 3.81. The Hall–Kier alpha value is -3.54. The number of fused-ring (bicyclic) bond motifs is 1. The molecule has 3 rings (SSSR count). The van der Waals surface area contributed by atoms with Gasteiger partial charge in [0.1, 0.15) is 18.2 Å². The first-order chi connectivity index (χ1) is 12.6. The number of hydrogen-bond acceptors (Lipinski definition) is 3. The van der Waals surface area contributed by atoms with Crippen LogP contribution in [0.5, 0.6) is 0 Å². The Morgan fingerprint density at radius 2 is 2.00 bits per heavy atom. The summed E-state index contributed by atoms with van der Waals surface area (Å²) in [6.07, 6.45) is 3.29. The van der Waals surface area contributed by atoms with Crippen LogP contribution in [-0.4, -0.2) is 10.5 Å². The molecule has 0 aliphatic rings. The zero-order chi connectivity index (χ0) is 18.5. The third-order valence-corrected chi connectivity index (χ3v) is 4.04. The first-order valence-electron chi connectivity index (χ1n) is 7.76. The van der Waals surface area contributed by atoms with Gasteiger partial charge in [-0.25, -0.2) is 0 Å². The van der Waals surface area contributed by atoms with E-state index in [0.29, 0.717) is 16.3 Å². The molecule has 0 fully saturated rings. The normalized spacial score (nSPS) is 11.0. The maximum Gasteiger partial charge on any atom is 0.266 e. The Bertz CT molecular complexity index is 1100. The Balaban J connectivity index is 1.97. The Labute approximate surface area is 155 Å². The number of nitriles is 2. The molecular formula is C20H13ClN4O. The highest BCUT2D eigenvalue weighted by atomic mass is 35.5. The number of nitrogens with one attached hydrogen (secondary N) is 1. The van der Waals surface area contributed by atoms with E-state index in [-0.39, 0.29) is 12.1 Å². The molecule has 0 aliphatic heterocycles. The molecule has 3 aromatic rings. The first-order valence-corrected chi connectivity index (χ1v) is 8.13. The van der Waals surface area contributed by atoms with Gasteiger partial charge in [0.05, 0.1) is 6.07 Å². The molecule has 1 heterocycles. The van der Waals surface area contributed by atoms with E-state index in [1.165, 1.54) is 6.08 Å². The van der Waals surface area contributed by atoms with Crippen molar-refractivity contribution >= 4 is 40.2 Å². The number of hydrogen-bond donors (Lipinski definition) is 1. The summed E-state index contributed by atoms with van der Waals surface area (Å²) in [5, 5.41) is 22.4. The lowest BCUT2D eigenvalue weighted by Gasteiger charge is -2.04. The summed E-state index contributed by atoms with van der Waals surface area (Å²) in [7, 11) is 0. The fourth-order valence-electron chi connectivity index (χ4n) is 2.67. The van der Waals surface area contributed by atoms with Gasteiger partial charge in [0.25, 0.3) is 5.91 Å². The van der Waals surface area contributed by atoms with Crippen molar-refractivity contribution in [2.45, 2.75) is 6.54 Å². The van der Waals surface area contributed by atoms with Crippen LogP contribution < -0.4 is 5.32 Å². The summed E-state index contributed by atoms with van der Waals surface area (Å²) >= 11 is 5.91. The van der Waals surface area contributed by atoms with Crippen LogP contribution in [0.4, 0.5) is 5.69 Å². The summed E-state index contributed by atoms with van der Waals surface area (Å²) in [6.45, 7) is 0.185. The maximum absolute atomic E-state index is 12.4. The van der Waals surface area contributed by atoms with Crippen molar-refractivity contribution in [3.8, 4) is 12.1 Å². The number of anilines is 1. The van der Waals surface area contributed by atoms with Crippen molar-refractivity contribution in [1.29, 1.82) is 10.5 Å². The van der Waals surface area contributed by atoms with Gasteiger partial charge in [-0.1, -0.05) is 35.9 Å². The molecular weight excluding hydrogens is 348 g/mol. The minimum Gasteiger partial charge on any atom is -0.333 e. The van der Waals surface area contributed by atoms with E-state index in [9.17, 15) is 10.1 Å². The van der Waals surface area contributed by atoms with Crippen LogP contribution in [-0.2, 0) is 11.3 Å². The number of carbonyl (C=O) groups excluding carboxylic acids is 1. The molecule has 0 atom stereocenters. The highest BCUT2D eigenvalue weighted by molar-refractivity contribution is 6.31. The second-order valence-electron chi connectivity index (χ2n) is 5.52. The monoisotopic (exact) mass is 360 g/mol. The lowest BCUT2D eigenvalue weighted by Crippen LogP contribution is -2.13. The molecule has 0 bridgehead atoms. The van der Waals surface area contributed by atoms with Crippen LogP contribution in [0.3, 0.4) is 0 Å². The minimum atomic E-state index is -0.521. The molecule has 1 aromatic heterocycles. The summed E-state index contributed by atoms with van der Waals surface area (Å²) in [5.41, 5.74) is 2.04. The van der Waals surface area contributed by atoms with E-state index in [0.717, 1.165) is 10.9 Å². The molecule has 1 amide bonds. The molecule has 0 saturated heterocycles. The van der Waals surface area contributed by atoms with Gasteiger partial charge in [0, 0.05) is 33.4 Å². The molecule has 26 heavy (non-hydrogen) atoms. The molecule has 5 nitrogen and oxygen atoms in total. The largest absolute Gasteiger partial charge is 0.333 e.